The SMILES string of the molecule is CC(CC(F)(F)C(F)(F)C(F)(F)C(F)(F)C(F)(F)C(F)(F)C(F)(F)C(F)(F)C(F)(F)C(F)(F)F)OC(=O)c1ccccc1C(=O)OC(C)CC(F)(F)C(F)(F)C(F)(F)C(F)(F)C(F)(F)C(F)(F)C(F)(F)C(F)(F)C(F)(F)C(F)(F)F. The van der Waals surface area contributed by atoms with Gasteiger partial charge < -0.3 is 9.47 Å². The van der Waals surface area contributed by atoms with Gasteiger partial charge in [0.15, 0.2) is 0 Å². The smallest absolute Gasteiger partial charge is 0.459 e. The molecule has 0 aromatic heterocycles. The number of carbonyl (C=O) groups is 2. The van der Waals surface area contributed by atoms with Crippen LogP contribution in [0.4, 0.5) is 184 Å². The Morgan fingerprint density at radius 3 is 0.600 bits per heavy atom. The second-order valence-electron chi connectivity index (χ2n) is 16.0. The summed E-state index contributed by atoms with van der Waals surface area (Å²) < 4.78 is 584. The highest BCUT2D eigenvalue weighted by molar-refractivity contribution is 6.03. The van der Waals surface area contributed by atoms with Gasteiger partial charge in [0.05, 0.1) is 24.0 Å². The molecule has 470 valence electrons. The third-order valence-electron chi connectivity index (χ3n) is 10.2. The zero-order valence-corrected chi connectivity index (χ0v) is 36.4. The van der Waals surface area contributed by atoms with Gasteiger partial charge >= 0.3 is 131 Å². The molecule has 0 N–H and O–H groups in total. The molecule has 0 aliphatic carbocycles. The number of rotatable bonds is 24. The average Bonchev–Trinajstić information content (AvgIpc) is 3.23. The number of halogens is 42. The number of benzene rings is 1. The predicted molar refractivity (Wildman–Crippen MR) is 167 cm³/mol. The summed E-state index contributed by atoms with van der Waals surface area (Å²) in [6, 6.07) is 0.715. The van der Waals surface area contributed by atoms with Gasteiger partial charge in [-0.3, -0.25) is 0 Å². The molecule has 0 fully saturated rings. The van der Waals surface area contributed by atoms with Crippen molar-refractivity contribution in [2.75, 3.05) is 0 Å². The topological polar surface area (TPSA) is 52.6 Å². The molecular formula is C34H16F42O4. The molecule has 0 saturated carbocycles. The Bertz CT molecular complexity index is 2230. The average molecular weight is 1290 g/mol. The van der Waals surface area contributed by atoms with Gasteiger partial charge in [0.2, 0.25) is 0 Å². The van der Waals surface area contributed by atoms with Crippen LogP contribution in [0.15, 0.2) is 24.3 Å². The summed E-state index contributed by atoms with van der Waals surface area (Å²) in [5.74, 6) is -168. The minimum Gasteiger partial charge on any atom is -0.459 e. The molecule has 4 nitrogen and oxygen atoms in total. The lowest BCUT2D eigenvalue weighted by Crippen LogP contribution is -2.76. The fourth-order valence-corrected chi connectivity index (χ4v) is 5.57. The minimum absolute atomic E-state index is 0.00505. The molecule has 0 radical (unpaired) electrons. The molecule has 0 aliphatic rings. The first-order valence-corrected chi connectivity index (χ1v) is 18.7. The third-order valence-corrected chi connectivity index (χ3v) is 10.2. The highest BCUT2D eigenvalue weighted by Crippen LogP contribution is 2.69. The van der Waals surface area contributed by atoms with Crippen molar-refractivity contribution in [1.82, 2.24) is 0 Å². The Balaban J connectivity index is 3.59. The Kier molecular flexibility index (Phi) is 18.3. The molecule has 2 atom stereocenters. The Morgan fingerprint density at radius 2 is 0.438 bits per heavy atom. The summed E-state index contributed by atoms with van der Waals surface area (Å²) in [7, 11) is 0. The van der Waals surface area contributed by atoms with E-state index in [4.69, 9.17) is 0 Å². The van der Waals surface area contributed by atoms with E-state index >= 15 is 0 Å². The van der Waals surface area contributed by atoms with Gasteiger partial charge in [0, 0.05) is 0 Å². The van der Waals surface area contributed by atoms with Crippen LogP contribution >= 0.6 is 0 Å². The van der Waals surface area contributed by atoms with Gasteiger partial charge in [-0.2, -0.15) is 184 Å². The van der Waals surface area contributed by atoms with Crippen molar-refractivity contribution in [2.24, 2.45) is 0 Å². The van der Waals surface area contributed by atoms with E-state index in [1.54, 1.807) is 0 Å². The van der Waals surface area contributed by atoms with E-state index in [1.165, 1.54) is 0 Å². The van der Waals surface area contributed by atoms with E-state index in [1.807, 2.05) is 0 Å². The quantitative estimate of drug-likeness (QED) is 0.0765. The summed E-state index contributed by atoms with van der Waals surface area (Å²) in [5.41, 5.74) is -3.66. The normalized spacial score (nSPS) is 16.9. The van der Waals surface area contributed by atoms with E-state index in [-0.39, 0.29) is 26.0 Å². The van der Waals surface area contributed by atoms with Crippen LogP contribution < -0.4 is 0 Å². The van der Waals surface area contributed by atoms with Crippen LogP contribution in [-0.4, -0.2) is 143 Å². The van der Waals surface area contributed by atoms with Crippen molar-refractivity contribution in [2.45, 2.75) is 158 Å². The van der Waals surface area contributed by atoms with Gasteiger partial charge in [-0.1, -0.05) is 12.1 Å². The van der Waals surface area contributed by atoms with Crippen LogP contribution in [0.25, 0.3) is 0 Å². The van der Waals surface area contributed by atoms with Crippen molar-refractivity contribution in [3.63, 3.8) is 0 Å². The molecule has 0 heterocycles. The largest absolute Gasteiger partial charge is 0.460 e. The van der Waals surface area contributed by atoms with Crippen LogP contribution in [0.2, 0.25) is 0 Å². The number of ether oxygens (including phenoxy) is 2. The number of hydrogen-bond donors (Lipinski definition) is 0. The second kappa shape index (κ2) is 20.0. The summed E-state index contributed by atoms with van der Waals surface area (Å²) in [6.07, 6.45) is -31.0. The van der Waals surface area contributed by atoms with Crippen molar-refractivity contribution < 1.29 is 203 Å². The van der Waals surface area contributed by atoms with E-state index in [0.717, 1.165) is 0 Å². The Hall–Kier alpha value is -4.78. The van der Waals surface area contributed by atoms with E-state index in [9.17, 15) is 194 Å². The Labute approximate surface area is 409 Å². The van der Waals surface area contributed by atoms with E-state index in [2.05, 4.69) is 9.47 Å². The molecule has 80 heavy (non-hydrogen) atoms. The molecule has 2 unspecified atom stereocenters. The highest BCUT2D eigenvalue weighted by Gasteiger charge is 3.00. The fraction of sp³-hybridized carbons (Fsp3) is 0.765. The van der Waals surface area contributed by atoms with E-state index < -0.39 is 167 Å². The molecule has 1 rings (SSSR count). The maximum atomic E-state index is 14.6. The van der Waals surface area contributed by atoms with Gasteiger partial charge in [0.1, 0.15) is 12.2 Å². The first-order valence-electron chi connectivity index (χ1n) is 18.7. The van der Waals surface area contributed by atoms with E-state index in [0.29, 0.717) is 12.1 Å². The molecule has 46 heteroatoms. The molecule has 0 bridgehead atoms. The third kappa shape index (κ3) is 10.1. The number of carbonyl (C=O) groups excluding carboxylic acids is 2. The van der Waals surface area contributed by atoms with Crippen LogP contribution in [0.3, 0.4) is 0 Å². The summed E-state index contributed by atoms with van der Waals surface area (Å²) in [4.78, 5) is 25.2. The second-order valence-corrected chi connectivity index (χ2v) is 16.0. The molecule has 0 amide bonds. The fourth-order valence-electron chi connectivity index (χ4n) is 5.57. The minimum atomic E-state index is -9.58. The molecule has 1 aromatic carbocycles. The van der Waals surface area contributed by atoms with Gasteiger partial charge in [-0.25, -0.2) is 9.59 Å². The summed E-state index contributed by atoms with van der Waals surface area (Å²) >= 11 is 0. The van der Waals surface area contributed by atoms with Crippen LogP contribution in [0, 0.1) is 0 Å². The van der Waals surface area contributed by atoms with Crippen LogP contribution in [-0.2, 0) is 9.47 Å². The van der Waals surface area contributed by atoms with Crippen molar-refractivity contribution in [1.29, 1.82) is 0 Å². The number of esters is 2. The Morgan fingerprint density at radius 1 is 0.287 bits per heavy atom. The monoisotopic (exact) mass is 1290 g/mol. The van der Waals surface area contributed by atoms with Crippen molar-refractivity contribution in [3.05, 3.63) is 35.4 Å². The molecular weight excluding hydrogens is 1270 g/mol. The maximum Gasteiger partial charge on any atom is 0.460 e. The lowest BCUT2D eigenvalue weighted by atomic mass is 9.85. The highest BCUT2D eigenvalue weighted by atomic mass is 19.5. The zero-order chi connectivity index (χ0) is 65.1. The zero-order valence-electron chi connectivity index (χ0n) is 36.4. The molecule has 0 aliphatic heterocycles. The standard InChI is InChI=1S/C34H16F42O4/c1-9(7-15(35,36)17(39,40)19(43,44)21(47,48)23(51,52)25(55,56)27(59,60)29(63,64)31(67,68)33(71,72)73)79-13(77)11-5-3-4-6-12(11)14(78)80-10(2)8-16(37,38)18(41,42)20(45,46)22(49,50)24(53,54)26(57,58)28(61,62)30(65,66)32(69,70)34(74,75)76/h3-6,9-10H,7-8H2,1-2H3. The molecule has 0 spiro atoms. The first-order chi connectivity index (χ1) is 34.3. The number of hydrogen-bond acceptors (Lipinski definition) is 4. The maximum absolute atomic E-state index is 14.6. The predicted octanol–water partition coefficient (Wildman–Crippen LogP) is 16.1. The lowest BCUT2D eigenvalue weighted by Gasteiger charge is -2.44. The van der Waals surface area contributed by atoms with Gasteiger partial charge in [0.25, 0.3) is 0 Å². The lowest BCUT2D eigenvalue weighted by molar-refractivity contribution is -0.474. The number of alkyl halides is 42. The first kappa shape index (κ1) is 73.2. The summed E-state index contributed by atoms with van der Waals surface area (Å²) in [5, 5.41) is 0. The van der Waals surface area contributed by atoms with Crippen LogP contribution in [0.5, 0.6) is 0 Å². The van der Waals surface area contributed by atoms with Crippen molar-refractivity contribution >= 4 is 11.9 Å². The van der Waals surface area contributed by atoms with Crippen LogP contribution in [0.1, 0.15) is 47.4 Å². The summed E-state index contributed by atoms with van der Waals surface area (Å²) in [6.45, 7) is -0.696. The van der Waals surface area contributed by atoms with Gasteiger partial charge in [-0.05, 0) is 26.0 Å². The molecule has 0 saturated heterocycles. The van der Waals surface area contributed by atoms with Gasteiger partial charge in [-0.15, -0.1) is 0 Å². The molecule has 1 aromatic rings. The van der Waals surface area contributed by atoms with Crippen molar-refractivity contribution in [3.8, 4) is 0 Å².